The van der Waals surface area contributed by atoms with E-state index in [1.54, 1.807) is 25.1 Å². The maximum atomic E-state index is 11.8. The maximum absolute atomic E-state index is 11.8. The molecule has 0 saturated heterocycles. The van der Waals surface area contributed by atoms with E-state index in [1.165, 1.54) is 0 Å². The fraction of sp³-hybridized carbons (Fsp3) is 0.300. The maximum Gasteiger partial charge on any atom is 0.235 e. The molecule has 0 aliphatic carbocycles. The first-order valence-electron chi connectivity index (χ1n) is 5.08. The van der Waals surface area contributed by atoms with Crippen LogP contribution in [0.1, 0.15) is 6.92 Å². The number of rotatable bonds is 4. The van der Waals surface area contributed by atoms with E-state index < -0.39 is 9.84 Å². The van der Waals surface area contributed by atoms with Crippen LogP contribution in [0, 0.1) is 0 Å². The van der Waals surface area contributed by atoms with Gasteiger partial charge in [-0.25, -0.2) is 13.4 Å². The van der Waals surface area contributed by atoms with Crippen molar-refractivity contribution >= 4 is 26.6 Å². The standard InChI is InChI=1S/C10H13N3O3S/c1-2-16-6-17(14,15)10-12-8-4-3-7(11)5-9(8)13-10/h3-5H,2,6,11H2,1H3,(H,12,13). The lowest BCUT2D eigenvalue weighted by Crippen LogP contribution is -2.11. The summed E-state index contributed by atoms with van der Waals surface area (Å²) < 4.78 is 28.5. The summed E-state index contributed by atoms with van der Waals surface area (Å²) in [5.41, 5.74) is 7.31. The molecular weight excluding hydrogens is 242 g/mol. The van der Waals surface area contributed by atoms with Crippen molar-refractivity contribution in [1.82, 2.24) is 9.97 Å². The largest absolute Gasteiger partial charge is 0.399 e. The van der Waals surface area contributed by atoms with E-state index in [0.29, 0.717) is 23.3 Å². The number of aromatic nitrogens is 2. The van der Waals surface area contributed by atoms with Crippen molar-refractivity contribution in [3.05, 3.63) is 18.2 Å². The molecule has 6 nitrogen and oxygen atoms in total. The molecule has 2 aromatic rings. The number of nitrogens with zero attached hydrogens (tertiary/aromatic N) is 1. The molecule has 17 heavy (non-hydrogen) atoms. The van der Waals surface area contributed by atoms with Gasteiger partial charge in [-0.05, 0) is 25.1 Å². The number of nitrogen functional groups attached to an aromatic ring is 1. The molecule has 0 bridgehead atoms. The van der Waals surface area contributed by atoms with Crippen molar-refractivity contribution in [3.63, 3.8) is 0 Å². The van der Waals surface area contributed by atoms with Gasteiger partial charge in [0.15, 0.2) is 5.94 Å². The lowest BCUT2D eigenvalue weighted by atomic mass is 10.3. The summed E-state index contributed by atoms with van der Waals surface area (Å²) in [6, 6.07) is 4.98. The van der Waals surface area contributed by atoms with Crippen LogP contribution in [0.2, 0.25) is 0 Å². The Labute approximate surface area is 98.7 Å². The molecule has 0 aliphatic rings. The van der Waals surface area contributed by atoms with E-state index >= 15 is 0 Å². The summed E-state index contributed by atoms with van der Waals surface area (Å²) in [6.45, 7) is 2.07. The number of nitrogens with two attached hydrogens (primary N) is 1. The number of H-pyrrole nitrogens is 1. The zero-order valence-electron chi connectivity index (χ0n) is 9.30. The van der Waals surface area contributed by atoms with E-state index in [4.69, 9.17) is 10.5 Å². The second kappa shape index (κ2) is 4.34. The average molecular weight is 255 g/mol. The fourth-order valence-electron chi connectivity index (χ4n) is 1.40. The summed E-state index contributed by atoms with van der Waals surface area (Å²) in [5.74, 6) is -0.376. The minimum Gasteiger partial charge on any atom is -0.399 e. The highest BCUT2D eigenvalue weighted by atomic mass is 32.2. The minimum absolute atomic E-state index is 0.0912. The second-order valence-corrected chi connectivity index (χ2v) is 5.40. The topological polar surface area (TPSA) is 98.1 Å². The molecule has 0 unspecified atom stereocenters. The number of hydrogen-bond donors (Lipinski definition) is 2. The lowest BCUT2D eigenvalue weighted by Gasteiger charge is -1.99. The number of ether oxygens (including phenoxy) is 1. The lowest BCUT2D eigenvalue weighted by molar-refractivity contribution is 0.192. The van der Waals surface area contributed by atoms with E-state index in [1.807, 2.05) is 0 Å². The van der Waals surface area contributed by atoms with Crippen LogP contribution in [-0.2, 0) is 14.6 Å². The molecule has 3 N–H and O–H groups in total. The number of fused-ring (bicyclic) bond motifs is 1. The molecule has 0 saturated carbocycles. The first-order chi connectivity index (χ1) is 8.03. The van der Waals surface area contributed by atoms with Gasteiger partial charge in [-0.2, -0.15) is 0 Å². The Hall–Kier alpha value is -1.60. The second-order valence-electron chi connectivity index (χ2n) is 3.54. The summed E-state index contributed by atoms with van der Waals surface area (Å²) >= 11 is 0. The summed E-state index contributed by atoms with van der Waals surface area (Å²) in [5, 5.41) is -0.0912. The zero-order valence-corrected chi connectivity index (χ0v) is 10.1. The number of nitrogens with one attached hydrogen (secondary N) is 1. The van der Waals surface area contributed by atoms with Crippen LogP contribution < -0.4 is 5.73 Å². The molecule has 2 rings (SSSR count). The van der Waals surface area contributed by atoms with Crippen LogP contribution in [0.5, 0.6) is 0 Å². The Bertz CT molecular complexity index is 633. The Balaban J connectivity index is 2.43. The van der Waals surface area contributed by atoms with Gasteiger partial charge < -0.3 is 15.5 Å². The quantitative estimate of drug-likeness (QED) is 0.791. The molecule has 0 atom stereocenters. The third-order valence-electron chi connectivity index (χ3n) is 2.22. The first kappa shape index (κ1) is 11.9. The highest BCUT2D eigenvalue weighted by Gasteiger charge is 2.19. The van der Waals surface area contributed by atoms with Gasteiger partial charge in [-0.15, -0.1) is 0 Å². The molecular formula is C10H13N3O3S. The molecule has 7 heteroatoms. The van der Waals surface area contributed by atoms with Gasteiger partial charge in [0.25, 0.3) is 0 Å². The van der Waals surface area contributed by atoms with E-state index in [9.17, 15) is 8.42 Å². The predicted octanol–water partition coefficient (Wildman–Crippen LogP) is 0.913. The van der Waals surface area contributed by atoms with Gasteiger partial charge in [0.1, 0.15) is 0 Å². The SMILES string of the molecule is CCOCS(=O)(=O)c1nc2ccc(N)cc2[nH]1. The van der Waals surface area contributed by atoms with E-state index in [0.717, 1.165) is 0 Å². The molecule has 1 aromatic heterocycles. The highest BCUT2D eigenvalue weighted by molar-refractivity contribution is 7.91. The molecule has 0 amide bonds. The van der Waals surface area contributed by atoms with Crippen LogP contribution >= 0.6 is 0 Å². The summed E-state index contributed by atoms with van der Waals surface area (Å²) in [4.78, 5) is 6.73. The average Bonchev–Trinajstić information content (AvgIpc) is 2.70. The zero-order chi connectivity index (χ0) is 12.5. The van der Waals surface area contributed by atoms with Gasteiger partial charge in [0, 0.05) is 12.3 Å². The highest BCUT2D eigenvalue weighted by Crippen LogP contribution is 2.17. The van der Waals surface area contributed by atoms with Gasteiger partial charge in [0.2, 0.25) is 15.0 Å². The molecule has 0 radical (unpaired) electrons. The number of benzene rings is 1. The van der Waals surface area contributed by atoms with Crippen LogP contribution in [0.4, 0.5) is 5.69 Å². The van der Waals surface area contributed by atoms with Crippen molar-refractivity contribution in [2.24, 2.45) is 0 Å². The summed E-state index contributed by atoms with van der Waals surface area (Å²) in [7, 11) is -3.53. The first-order valence-corrected chi connectivity index (χ1v) is 6.74. The molecule has 1 aromatic carbocycles. The Morgan fingerprint density at radius 3 is 2.94 bits per heavy atom. The van der Waals surface area contributed by atoms with Crippen molar-refractivity contribution in [1.29, 1.82) is 0 Å². The van der Waals surface area contributed by atoms with Crippen LogP contribution in [0.3, 0.4) is 0 Å². The smallest absolute Gasteiger partial charge is 0.235 e. The normalized spacial score (nSPS) is 12.1. The van der Waals surface area contributed by atoms with Crippen LogP contribution in [-0.4, -0.2) is 30.9 Å². The number of anilines is 1. The third kappa shape index (κ3) is 2.40. The monoisotopic (exact) mass is 255 g/mol. The van der Waals surface area contributed by atoms with Gasteiger partial charge in [0.05, 0.1) is 11.0 Å². The molecule has 0 fully saturated rings. The number of sulfone groups is 1. The van der Waals surface area contributed by atoms with Crippen molar-refractivity contribution in [3.8, 4) is 0 Å². The summed E-state index contributed by atoms with van der Waals surface area (Å²) in [6.07, 6.45) is 0. The minimum atomic E-state index is -3.53. The predicted molar refractivity (Wildman–Crippen MR) is 64.2 cm³/mol. The fourth-order valence-corrected chi connectivity index (χ4v) is 2.40. The van der Waals surface area contributed by atoms with Crippen molar-refractivity contribution in [2.45, 2.75) is 12.1 Å². The van der Waals surface area contributed by atoms with Gasteiger partial charge in [-0.1, -0.05) is 0 Å². The number of imidazole rings is 1. The van der Waals surface area contributed by atoms with E-state index in [2.05, 4.69) is 9.97 Å². The van der Waals surface area contributed by atoms with E-state index in [-0.39, 0.29) is 11.1 Å². The third-order valence-corrected chi connectivity index (χ3v) is 3.48. The molecule has 0 spiro atoms. The molecule has 0 aliphatic heterocycles. The van der Waals surface area contributed by atoms with Crippen LogP contribution in [0.25, 0.3) is 11.0 Å². The van der Waals surface area contributed by atoms with Gasteiger partial charge >= 0.3 is 0 Å². The number of hydrogen-bond acceptors (Lipinski definition) is 5. The molecule has 1 heterocycles. The van der Waals surface area contributed by atoms with Crippen molar-refractivity contribution in [2.75, 3.05) is 18.3 Å². The number of aromatic amines is 1. The van der Waals surface area contributed by atoms with Gasteiger partial charge in [-0.3, -0.25) is 0 Å². The Morgan fingerprint density at radius 1 is 1.47 bits per heavy atom. The molecule has 92 valence electrons. The van der Waals surface area contributed by atoms with Crippen molar-refractivity contribution < 1.29 is 13.2 Å². The van der Waals surface area contributed by atoms with Crippen LogP contribution in [0.15, 0.2) is 23.4 Å². The Kier molecular flexibility index (Phi) is 3.03. The Morgan fingerprint density at radius 2 is 2.24 bits per heavy atom.